The summed E-state index contributed by atoms with van der Waals surface area (Å²) in [5, 5.41) is 10.7. The minimum atomic E-state index is -0.494. The lowest BCUT2D eigenvalue weighted by molar-refractivity contribution is -0.383. The summed E-state index contributed by atoms with van der Waals surface area (Å²) in [7, 11) is 0. The molecule has 0 fully saturated rings. The molecule has 0 aliphatic rings. The fraction of sp³-hybridized carbons (Fsp3) is 0.250. The maximum absolute atomic E-state index is 10.7. The van der Waals surface area contributed by atoms with Gasteiger partial charge in [0.15, 0.2) is 0 Å². The Morgan fingerprint density at radius 1 is 1.14 bits per heavy atom. The second-order valence-electron chi connectivity index (χ2n) is 4.83. The Hall–Kier alpha value is -2.56. The molecule has 0 aromatic heterocycles. The number of ether oxygens (including phenoxy) is 1. The molecule has 2 N–H and O–H groups in total. The molecule has 2 aromatic carbocycles. The predicted molar refractivity (Wildman–Crippen MR) is 82.3 cm³/mol. The van der Waals surface area contributed by atoms with Crippen LogP contribution in [0.1, 0.15) is 24.5 Å². The van der Waals surface area contributed by atoms with Crippen LogP contribution in [-0.2, 0) is 13.0 Å². The van der Waals surface area contributed by atoms with Gasteiger partial charge in [0.2, 0.25) is 0 Å². The Morgan fingerprint density at radius 2 is 1.81 bits per heavy atom. The summed E-state index contributed by atoms with van der Waals surface area (Å²) in [4.78, 5) is 10.2. The number of nitrogens with two attached hydrogens (primary N) is 1. The van der Waals surface area contributed by atoms with Crippen molar-refractivity contribution in [2.45, 2.75) is 26.4 Å². The van der Waals surface area contributed by atoms with Gasteiger partial charge in [-0.05, 0) is 41.8 Å². The summed E-state index contributed by atoms with van der Waals surface area (Å²) in [6.45, 7) is 2.47. The predicted octanol–water partition coefficient (Wildman–Crippen LogP) is 3.71. The summed E-state index contributed by atoms with van der Waals surface area (Å²) in [5.74, 6) is 0.770. The Morgan fingerprint density at radius 3 is 2.38 bits per heavy atom. The molecule has 0 aliphatic heterocycles. The highest BCUT2D eigenvalue weighted by molar-refractivity contribution is 5.59. The van der Waals surface area contributed by atoms with Crippen molar-refractivity contribution in [1.29, 1.82) is 0 Å². The van der Waals surface area contributed by atoms with Crippen LogP contribution in [0.15, 0.2) is 42.5 Å². The van der Waals surface area contributed by atoms with Gasteiger partial charge in [-0.3, -0.25) is 10.1 Å². The number of nitrogen functional groups attached to an aromatic ring is 1. The number of anilines is 1. The van der Waals surface area contributed by atoms with Crippen LogP contribution in [0.4, 0.5) is 11.4 Å². The van der Waals surface area contributed by atoms with Crippen molar-refractivity contribution in [2.24, 2.45) is 0 Å². The van der Waals surface area contributed by atoms with Crippen LogP contribution in [0, 0.1) is 10.1 Å². The van der Waals surface area contributed by atoms with E-state index in [9.17, 15) is 10.1 Å². The monoisotopic (exact) mass is 286 g/mol. The van der Waals surface area contributed by atoms with Crippen molar-refractivity contribution in [3.05, 3.63) is 63.7 Å². The van der Waals surface area contributed by atoms with Gasteiger partial charge in [0.05, 0.1) is 4.92 Å². The molecule has 2 rings (SSSR count). The second-order valence-corrected chi connectivity index (χ2v) is 4.83. The number of benzene rings is 2. The van der Waals surface area contributed by atoms with E-state index in [2.05, 4.69) is 6.92 Å². The van der Waals surface area contributed by atoms with E-state index >= 15 is 0 Å². The van der Waals surface area contributed by atoms with E-state index in [-0.39, 0.29) is 11.4 Å². The molecule has 0 aliphatic carbocycles. The number of hydrogen-bond donors (Lipinski definition) is 1. The highest BCUT2D eigenvalue weighted by Crippen LogP contribution is 2.23. The van der Waals surface area contributed by atoms with Gasteiger partial charge in [-0.25, -0.2) is 0 Å². The molecular formula is C16H18N2O3. The molecule has 0 saturated heterocycles. The van der Waals surface area contributed by atoms with E-state index in [0.29, 0.717) is 6.61 Å². The lowest BCUT2D eigenvalue weighted by Gasteiger charge is -2.08. The molecule has 2 aromatic rings. The van der Waals surface area contributed by atoms with Crippen molar-refractivity contribution in [2.75, 3.05) is 5.73 Å². The molecule has 0 radical (unpaired) electrons. The molecule has 5 heteroatoms. The quantitative estimate of drug-likeness (QED) is 0.499. The van der Waals surface area contributed by atoms with E-state index in [1.807, 2.05) is 24.3 Å². The average Bonchev–Trinajstić information content (AvgIpc) is 2.46. The van der Waals surface area contributed by atoms with E-state index in [1.165, 1.54) is 11.6 Å². The van der Waals surface area contributed by atoms with Crippen LogP contribution in [0.2, 0.25) is 0 Å². The van der Waals surface area contributed by atoms with Crippen LogP contribution in [0.3, 0.4) is 0 Å². The molecule has 110 valence electrons. The van der Waals surface area contributed by atoms with Gasteiger partial charge >= 0.3 is 0 Å². The first-order valence-corrected chi connectivity index (χ1v) is 6.84. The van der Waals surface area contributed by atoms with Crippen molar-refractivity contribution in [3.8, 4) is 5.75 Å². The number of hydrogen-bond acceptors (Lipinski definition) is 4. The van der Waals surface area contributed by atoms with Crippen LogP contribution >= 0.6 is 0 Å². The fourth-order valence-electron chi connectivity index (χ4n) is 2.07. The Bertz CT molecular complexity index is 624. The SMILES string of the molecule is CCCc1ccc(OCc2ccc([N+](=O)[O-])c(N)c2)cc1. The number of aryl methyl sites for hydroxylation is 1. The highest BCUT2D eigenvalue weighted by atomic mass is 16.6. The third-order valence-corrected chi connectivity index (χ3v) is 3.16. The lowest BCUT2D eigenvalue weighted by atomic mass is 10.1. The van der Waals surface area contributed by atoms with Crippen molar-refractivity contribution < 1.29 is 9.66 Å². The minimum Gasteiger partial charge on any atom is -0.489 e. The molecule has 0 saturated carbocycles. The zero-order valence-corrected chi connectivity index (χ0v) is 11.9. The molecule has 0 unspecified atom stereocenters. The van der Waals surface area contributed by atoms with E-state index in [0.717, 1.165) is 24.2 Å². The highest BCUT2D eigenvalue weighted by Gasteiger charge is 2.11. The van der Waals surface area contributed by atoms with Gasteiger partial charge in [-0.1, -0.05) is 25.5 Å². The maximum atomic E-state index is 10.7. The van der Waals surface area contributed by atoms with Crippen LogP contribution in [0.25, 0.3) is 0 Å². The van der Waals surface area contributed by atoms with Gasteiger partial charge in [0.25, 0.3) is 5.69 Å². The molecule has 0 heterocycles. The standard InChI is InChI=1S/C16H18N2O3/c1-2-3-12-4-7-14(8-5-12)21-11-13-6-9-16(18(19)20)15(17)10-13/h4-10H,2-3,11,17H2,1H3. The first kappa shape index (κ1) is 14.8. The largest absolute Gasteiger partial charge is 0.489 e. The van der Waals surface area contributed by atoms with Crippen molar-refractivity contribution in [3.63, 3.8) is 0 Å². The van der Waals surface area contributed by atoms with Crippen LogP contribution in [0.5, 0.6) is 5.75 Å². The molecule has 0 bridgehead atoms. The smallest absolute Gasteiger partial charge is 0.292 e. The van der Waals surface area contributed by atoms with Crippen LogP contribution < -0.4 is 10.5 Å². The minimum absolute atomic E-state index is 0.0809. The Kier molecular flexibility index (Phi) is 4.77. The summed E-state index contributed by atoms with van der Waals surface area (Å²) in [6, 6.07) is 12.6. The van der Waals surface area contributed by atoms with Gasteiger partial charge in [0.1, 0.15) is 18.0 Å². The number of rotatable bonds is 6. The topological polar surface area (TPSA) is 78.4 Å². The van der Waals surface area contributed by atoms with Gasteiger partial charge < -0.3 is 10.5 Å². The average molecular weight is 286 g/mol. The Balaban J connectivity index is 1.99. The third kappa shape index (κ3) is 3.95. The zero-order chi connectivity index (χ0) is 15.2. The number of nitro groups is 1. The molecule has 0 atom stereocenters. The normalized spacial score (nSPS) is 10.3. The van der Waals surface area contributed by atoms with Crippen molar-refractivity contribution in [1.82, 2.24) is 0 Å². The lowest BCUT2D eigenvalue weighted by Crippen LogP contribution is -2.00. The molecular weight excluding hydrogens is 268 g/mol. The summed E-state index contributed by atoms with van der Waals surface area (Å²) < 4.78 is 5.66. The molecule has 0 amide bonds. The maximum Gasteiger partial charge on any atom is 0.292 e. The van der Waals surface area contributed by atoms with E-state index < -0.39 is 4.92 Å². The third-order valence-electron chi connectivity index (χ3n) is 3.16. The van der Waals surface area contributed by atoms with Gasteiger partial charge in [-0.2, -0.15) is 0 Å². The summed E-state index contributed by atoms with van der Waals surface area (Å²) in [5.41, 5.74) is 7.80. The second kappa shape index (κ2) is 6.74. The summed E-state index contributed by atoms with van der Waals surface area (Å²) in [6.07, 6.45) is 2.17. The summed E-state index contributed by atoms with van der Waals surface area (Å²) >= 11 is 0. The zero-order valence-electron chi connectivity index (χ0n) is 11.9. The van der Waals surface area contributed by atoms with Crippen LogP contribution in [-0.4, -0.2) is 4.92 Å². The van der Waals surface area contributed by atoms with Gasteiger partial charge in [-0.15, -0.1) is 0 Å². The number of nitrogens with zero attached hydrogens (tertiary/aromatic N) is 1. The fourth-order valence-corrected chi connectivity index (χ4v) is 2.07. The molecule has 5 nitrogen and oxygen atoms in total. The Labute approximate surface area is 123 Å². The van der Waals surface area contributed by atoms with Crippen molar-refractivity contribution >= 4 is 11.4 Å². The first-order chi connectivity index (χ1) is 10.1. The van der Waals surface area contributed by atoms with E-state index in [1.54, 1.807) is 12.1 Å². The first-order valence-electron chi connectivity index (χ1n) is 6.84. The van der Waals surface area contributed by atoms with Gasteiger partial charge in [0, 0.05) is 6.07 Å². The molecule has 21 heavy (non-hydrogen) atoms. The van der Waals surface area contributed by atoms with E-state index in [4.69, 9.17) is 10.5 Å². The number of nitro benzene ring substituents is 1. The molecule has 0 spiro atoms.